The summed E-state index contributed by atoms with van der Waals surface area (Å²) in [4.78, 5) is 0. The minimum absolute atomic E-state index is 0.268. The van der Waals surface area contributed by atoms with E-state index in [1.165, 1.54) is 0 Å². The number of benzene rings is 1. The predicted octanol–water partition coefficient (Wildman–Crippen LogP) is 8.98. The van der Waals surface area contributed by atoms with Gasteiger partial charge in [0.1, 0.15) is 22.0 Å². The molecule has 0 aromatic heterocycles. The fraction of sp³-hybridized carbons (Fsp3) is 0.667. The highest BCUT2D eigenvalue weighted by Gasteiger charge is 2.42. The summed E-state index contributed by atoms with van der Waals surface area (Å²) in [6.07, 6.45) is 0. The Labute approximate surface area is 212 Å². The highest BCUT2D eigenvalue weighted by molar-refractivity contribution is 6.91. The van der Waals surface area contributed by atoms with Gasteiger partial charge in [0, 0.05) is 17.2 Å². The third kappa shape index (κ3) is 6.07. The highest BCUT2D eigenvalue weighted by Crippen LogP contribution is 2.42. The Balaban J connectivity index is 3.91. The normalized spacial score (nSPS) is 13.6. The molecule has 0 amide bonds. The summed E-state index contributed by atoms with van der Waals surface area (Å²) in [7, 11) is -3.90. The molecule has 0 radical (unpaired) electrons. The van der Waals surface area contributed by atoms with Gasteiger partial charge in [0.05, 0.1) is 0 Å². The van der Waals surface area contributed by atoms with Crippen LogP contribution in [0.1, 0.15) is 113 Å². The lowest BCUT2D eigenvalue weighted by Gasteiger charge is -2.38. The molecule has 34 heavy (non-hydrogen) atoms. The summed E-state index contributed by atoms with van der Waals surface area (Å²) >= 11 is 0. The lowest BCUT2D eigenvalue weighted by molar-refractivity contribution is 0.624. The van der Waals surface area contributed by atoms with E-state index in [4.69, 9.17) is 5.73 Å². The summed E-state index contributed by atoms with van der Waals surface area (Å²) < 4.78 is 14.9. The van der Waals surface area contributed by atoms with Crippen molar-refractivity contribution in [2.45, 2.75) is 129 Å². The van der Waals surface area contributed by atoms with Crippen molar-refractivity contribution in [1.82, 2.24) is 0 Å². The minimum Gasteiger partial charge on any atom is -0.324 e. The summed E-state index contributed by atoms with van der Waals surface area (Å²) in [5.74, 6) is 6.64. The average Bonchev–Trinajstić information content (AvgIpc) is 2.66. The molecule has 0 saturated heterocycles. The molecule has 0 aliphatic carbocycles. The summed E-state index contributed by atoms with van der Waals surface area (Å²) in [5, 5.41) is 0. The largest absolute Gasteiger partial charge is 0.324 e. The molecule has 190 valence electrons. The van der Waals surface area contributed by atoms with Crippen LogP contribution < -0.4 is 5.73 Å². The van der Waals surface area contributed by atoms with Gasteiger partial charge in [0.25, 0.3) is 0 Å². The molecule has 0 bridgehead atoms. The van der Waals surface area contributed by atoms with Gasteiger partial charge in [-0.3, -0.25) is 0 Å². The van der Waals surface area contributed by atoms with E-state index in [-0.39, 0.29) is 11.9 Å². The van der Waals surface area contributed by atoms with E-state index >= 15 is 0 Å². The maximum atomic E-state index is 14.9. The topological polar surface area (TPSA) is 26.0 Å². The van der Waals surface area contributed by atoms with Crippen molar-refractivity contribution in [3.8, 4) is 22.9 Å². The van der Waals surface area contributed by atoms with Gasteiger partial charge in [0.15, 0.2) is 0 Å². The molecule has 4 heteroatoms. The van der Waals surface area contributed by atoms with E-state index in [0.29, 0.717) is 44.4 Å². The zero-order chi connectivity index (χ0) is 26.6. The van der Waals surface area contributed by atoms with Gasteiger partial charge >= 0.3 is 0 Å². The Kier molecular flexibility index (Phi) is 10.9. The van der Waals surface area contributed by atoms with E-state index in [1.54, 1.807) is 12.1 Å². The fourth-order valence-electron chi connectivity index (χ4n) is 6.53. The first-order valence-electron chi connectivity index (χ1n) is 13.2. The van der Waals surface area contributed by atoms with Gasteiger partial charge in [-0.25, -0.2) is 4.39 Å². The van der Waals surface area contributed by atoms with Crippen LogP contribution in [0.5, 0.6) is 0 Å². The van der Waals surface area contributed by atoms with Crippen molar-refractivity contribution in [3.63, 3.8) is 0 Å². The van der Waals surface area contributed by atoms with Crippen LogP contribution in [-0.2, 0) is 0 Å². The van der Waals surface area contributed by atoms with Crippen LogP contribution in [0.25, 0.3) is 0 Å². The van der Waals surface area contributed by atoms with Gasteiger partial charge in [-0.15, -0.1) is 11.1 Å². The summed E-state index contributed by atoms with van der Waals surface area (Å²) in [5.41, 5.74) is 19.4. The molecule has 0 aliphatic heterocycles. The van der Waals surface area contributed by atoms with Gasteiger partial charge in [-0.1, -0.05) is 94.9 Å². The zero-order valence-corrected chi connectivity index (χ0v) is 26.2. The lowest BCUT2D eigenvalue weighted by Crippen LogP contribution is -2.43. The molecule has 1 nitrogen and oxygen atoms in total. The Morgan fingerprint density at radius 2 is 0.853 bits per heavy atom. The van der Waals surface area contributed by atoms with Crippen molar-refractivity contribution in [1.29, 1.82) is 0 Å². The number of halogens is 1. The number of rotatable bonds is 7. The highest BCUT2D eigenvalue weighted by atomic mass is 28.3. The van der Waals surface area contributed by atoms with Gasteiger partial charge < -0.3 is 5.73 Å². The number of hydrogen-bond acceptors (Lipinski definition) is 1. The van der Waals surface area contributed by atoms with Crippen molar-refractivity contribution in [2.75, 3.05) is 0 Å². The van der Waals surface area contributed by atoms with E-state index < -0.39 is 16.1 Å². The Morgan fingerprint density at radius 1 is 0.588 bits per heavy atom. The number of hydrogen-bond donors (Lipinski definition) is 1. The van der Waals surface area contributed by atoms with Crippen LogP contribution in [0.15, 0.2) is 12.1 Å². The molecule has 1 atom stereocenters. The van der Waals surface area contributed by atoms with Crippen LogP contribution in [0.2, 0.25) is 33.2 Å². The molecule has 0 fully saturated rings. The molecular weight excluding hydrogens is 450 g/mol. The van der Waals surface area contributed by atoms with Crippen molar-refractivity contribution >= 4 is 16.1 Å². The van der Waals surface area contributed by atoms with Gasteiger partial charge in [0.2, 0.25) is 0 Å². The second-order valence-corrected chi connectivity index (χ2v) is 23.2. The Bertz CT molecular complexity index is 835. The van der Waals surface area contributed by atoms with Crippen molar-refractivity contribution in [2.24, 2.45) is 5.73 Å². The molecule has 2 N–H and O–H groups in total. The van der Waals surface area contributed by atoms with Crippen LogP contribution in [0.3, 0.4) is 0 Å². The quantitative estimate of drug-likeness (QED) is 0.294. The van der Waals surface area contributed by atoms with E-state index in [0.717, 1.165) is 5.56 Å². The smallest absolute Gasteiger partial charge is 0.146 e. The first kappa shape index (κ1) is 30.7. The SMILES string of the molecule is CC(N)c1c(C#C[Si](C(C)C)(C(C)C)C(C)C)cc(F)cc1C#C[Si](C(C)C)(C(C)C)C(C)C. The van der Waals surface area contributed by atoms with Crippen molar-refractivity contribution in [3.05, 3.63) is 34.6 Å². The van der Waals surface area contributed by atoms with Gasteiger partial charge in [-0.2, -0.15) is 0 Å². The van der Waals surface area contributed by atoms with Crippen LogP contribution >= 0.6 is 0 Å². The molecule has 1 unspecified atom stereocenters. The molecule has 0 spiro atoms. The summed E-state index contributed by atoms with van der Waals surface area (Å²) in [6.45, 7) is 29.5. The maximum Gasteiger partial charge on any atom is 0.146 e. The second kappa shape index (κ2) is 12.1. The molecule has 0 saturated carbocycles. The Morgan fingerprint density at radius 3 is 1.06 bits per heavy atom. The van der Waals surface area contributed by atoms with Crippen LogP contribution in [0, 0.1) is 28.7 Å². The second-order valence-electron chi connectivity index (χ2n) is 12.0. The average molecular weight is 500 g/mol. The molecule has 0 heterocycles. The molecular formula is C30H50FNSi2. The van der Waals surface area contributed by atoms with Crippen LogP contribution in [0.4, 0.5) is 4.39 Å². The molecule has 1 aromatic carbocycles. The predicted molar refractivity (Wildman–Crippen MR) is 155 cm³/mol. The van der Waals surface area contributed by atoms with Gasteiger partial charge in [-0.05, 0) is 57.9 Å². The third-order valence-electron chi connectivity index (χ3n) is 8.16. The molecule has 1 rings (SSSR count). The molecule has 1 aromatic rings. The fourth-order valence-corrected chi connectivity index (χ4v) is 17.0. The maximum absolute atomic E-state index is 14.9. The Hall–Kier alpha value is -1.34. The number of nitrogens with two attached hydrogens (primary N) is 1. The van der Waals surface area contributed by atoms with Crippen LogP contribution in [-0.4, -0.2) is 16.1 Å². The summed E-state index contributed by atoms with van der Waals surface area (Å²) in [6, 6.07) is 2.86. The van der Waals surface area contributed by atoms with E-state index in [2.05, 4.69) is 106 Å². The van der Waals surface area contributed by atoms with E-state index in [1.807, 2.05) is 6.92 Å². The first-order valence-corrected chi connectivity index (χ1v) is 17.7. The zero-order valence-electron chi connectivity index (χ0n) is 24.2. The molecule has 0 aliphatic rings. The lowest BCUT2D eigenvalue weighted by atomic mass is 9.96. The minimum atomic E-state index is -1.95. The standard InChI is InChI=1S/C30H50FNSi2/c1-20(2)33(21(3)4,22(5)6)16-14-27-18-29(31)19-28(30(27)26(13)32)15-17-34(23(7)8,24(9)10)25(11)12/h18-26H,32H2,1-13H3. The van der Waals surface area contributed by atoms with Crippen molar-refractivity contribution < 1.29 is 4.39 Å². The monoisotopic (exact) mass is 499 g/mol. The first-order chi connectivity index (χ1) is 15.5. The van der Waals surface area contributed by atoms with E-state index in [9.17, 15) is 4.39 Å². The third-order valence-corrected chi connectivity index (χ3v) is 20.7.